The topological polar surface area (TPSA) is 58.6 Å². The summed E-state index contributed by atoms with van der Waals surface area (Å²) in [5.74, 6) is -0.0748. The third-order valence-corrected chi connectivity index (χ3v) is 5.09. The number of rotatable bonds is 5. The van der Waals surface area contributed by atoms with Crippen molar-refractivity contribution in [3.05, 3.63) is 82.9 Å². The molecule has 3 aromatic rings. The van der Waals surface area contributed by atoms with Gasteiger partial charge in [-0.3, -0.25) is 4.79 Å². The zero-order valence-corrected chi connectivity index (χ0v) is 15.9. The molecule has 4 nitrogen and oxygen atoms in total. The van der Waals surface area contributed by atoms with E-state index in [2.05, 4.69) is 5.32 Å². The maximum atomic E-state index is 12.4. The van der Waals surface area contributed by atoms with E-state index >= 15 is 0 Å². The first-order valence-corrected chi connectivity index (χ1v) is 9.54. The highest BCUT2D eigenvalue weighted by atomic mass is 35.5. The van der Waals surface area contributed by atoms with Gasteiger partial charge in [0.1, 0.15) is 0 Å². The molecule has 140 valence electrons. The fourth-order valence-electron chi connectivity index (χ4n) is 3.50. The van der Waals surface area contributed by atoms with Gasteiger partial charge in [-0.25, -0.2) is 0 Å². The predicted molar refractivity (Wildman–Crippen MR) is 113 cm³/mol. The lowest BCUT2D eigenvalue weighted by atomic mass is 9.75. The van der Waals surface area contributed by atoms with Crippen molar-refractivity contribution < 1.29 is 14.5 Å². The smallest absolute Gasteiger partial charge is 0.423 e. The van der Waals surface area contributed by atoms with Gasteiger partial charge in [-0.1, -0.05) is 54.1 Å². The maximum absolute atomic E-state index is 12.4. The number of hydrogen-bond donors (Lipinski definition) is 2. The van der Waals surface area contributed by atoms with E-state index in [0.29, 0.717) is 24.5 Å². The largest absolute Gasteiger partial charge is 0.492 e. The Hall–Kier alpha value is -2.60. The molecule has 1 aliphatic rings. The first-order valence-electron chi connectivity index (χ1n) is 9.16. The molecule has 0 saturated carbocycles. The van der Waals surface area contributed by atoms with E-state index in [4.69, 9.17) is 16.3 Å². The van der Waals surface area contributed by atoms with Gasteiger partial charge in [-0.15, -0.1) is 0 Å². The van der Waals surface area contributed by atoms with Crippen LogP contribution < -0.4 is 10.8 Å². The molecular weight excluding hydrogens is 373 g/mol. The highest BCUT2D eigenvalue weighted by Gasteiger charge is 2.29. The fraction of sp³-hybridized carbons (Fsp3) is 0.136. The van der Waals surface area contributed by atoms with Crippen molar-refractivity contribution in [3.8, 4) is 11.1 Å². The van der Waals surface area contributed by atoms with Crippen LogP contribution in [0.25, 0.3) is 11.1 Å². The number of hydrogen-bond acceptors (Lipinski definition) is 3. The Morgan fingerprint density at radius 2 is 1.82 bits per heavy atom. The molecule has 0 aliphatic carbocycles. The van der Waals surface area contributed by atoms with Crippen molar-refractivity contribution in [3.63, 3.8) is 0 Å². The van der Waals surface area contributed by atoms with Crippen molar-refractivity contribution in [2.45, 2.75) is 19.4 Å². The quantitative estimate of drug-likeness (QED) is 0.651. The molecule has 2 N–H and O–H groups in total. The van der Waals surface area contributed by atoms with Gasteiger partial charge in [-0.2, -0.15) is 0 Å². The van der Waals surface area contributed by atoms with E-state index in [-0.39, 0.29) is 5.91 Å². The van der Waals surface area contributed by atoms with E-state index in [9.17, 15) is 9.82 Å². The lowest BCUT2D eigenvalue weighted by molar-refractivity contribution is -0.116. The van der Waals surface area contributed by atoms with E-state index in [1.807, 2.05) is 66.7 Å². The Bertz CT molecular complexity index is 1020. The number of anilines is 1. The Morgan fingerprint density at radius 1 is 1.07 bits per heavy atom. The van der Waals surface area contributed by atoms with Gasteiger partial charge in [0, 0.05) is 17.1 Å². The van der Waals surface area contributed by atoms with E-state index in [0.717, 1.165) is 33.4 Å². The highest BCUT2D eigenvalue weighted by molar-refractivity contribution is 6.62. The normalized spacial score (nSPS) is 12.7. The minimum absolute atomic E-state index is 0.0748. The first-order chi connectivity index (χ1) is 13.6. The number of carbonyl (C=O) groups excluding carboxylic acids is 1. The van der Waals surface area contributed by atoms with Gasteiger partial charge in [0.2, 0.25) is 5.91 Å². The van der Waals surface area contributed by atoms with Crippen LogP contribution in [0.1, 0.15) is 17.5 Å². The van der Waals surface area contributed by atoms with Crippen molar-refractivity contribution in [1.82, 2.24) is 0 Å². The predicted octanol–water partition coefficient (Wildman–Crippen LogP) is 3.80. The van der Waals surface area contributed by atoms with Crippen molar-refractivity contribution in [1.29, 1.82) is 0 Å². The standard InChI is InChI=1S/C22H19BClNO3/c24-19-8-2-5-16(12-19)17-6-3-9-20(13-17)25-21(26)11-10-15-4-1-7-18-14-28-23(27)22(15)18/h1-9,12-13,27H,10-11,14H2,(H,25,26). The molecule has 0 fully saturated rings. The second-order valence-corrected chi connectivity index (χ2v) is 7.23. The van der Waals surface area contributed by atoms with Gasteiger partial charge < -0.3 is 15.0 Å². The molecule has 0 aromatic heterocycles. The SMILES string of the molecule is O=C(CCc1cccc2c1B(O)OC2)Nc1cccc(-c2cccc(Cl)c2)c1. The number of carbonyl (C=O) groups is 1. The summed E-state index contributed by atoms with van der Waals surface area (Å²) in [6.45, 7) is 0.410. The molecular formula is C22H19BClNO3. The van der Waals surface area contributed by atoms with Gasteiger partial charge >= 0.3 is 7.12 Å². The maximum Gasteiger partial charge on any atom is 0.492 e. The zero-order chi connectivity index (χ0) is 19.5. The lowest BCUT2D eigenvalue weighted by Crippen LogP contribution is -2.31. The van der Waals surface area contributed by atoms with Crippen LogP contribution >= 0.6 is 11.6 Å². The van der Waals surface area contributed by atoms with E-state index < -0.39 is 7.12 Å². The molecule has 0 atom stereocenters. The molecule has 0 spiro atoms. The van der Waals surface area contributed by atoms with Crippen LogP contribution in [-0.2, 0) is 22.5 Å². The van der Waals surface area contributed by atoms with Crippen molar-refractivity contribution in [2.24, 2.45) is 0 Å². The molecule has 0 saturated heterocycles. The molecule has 6 heteroatoms. The van der Waals surface area contributed by atoms with E-state index in [1.165, 1.54) is 0 Å². The summed E-state index contributed by atoms with van der Waals surface area (Å²) >= 11 is 6.07. The Labute approximate surface area is 169 Å². The van der Waals surface area contributed by atoms with Crippen LogP contribution in [0.5, 0.6) is 0 Å². The van der Waals surface area contributed by atoms with Gasteiger partial charge in [0.25, 0.3) is 0 Å². The molecule has 0 bridgehead atoms. The molecule has 3 aromatic carbocycles. The number of nitrogens with one attached hydrogen (secondary N) is 1. The van der Waals surface area contributed by atoms with Crippen LogP contribution in [0, 0.1) is 0 Å². The van der Waals surface area contributed by atoms with Gasteiger partial charge in [-0.05, 0) is 58.4 Å². The van der Waals surface area contributed by atoms with Gasteiger partial charge in [0.15, 0.2) is 0 Å². The Kier molecular flexibility index (Phi) is 5.48. The number of halogens is 1. The second-order valence-electron chi connectivity index (χ2n) is 6.79. The third kappa shape index (κ3) is 4.12. The minimum atomic E-state index is -0.899. The van der Waals surface area contributed by atoms with Crippen LogP contribution in [0.2, 0.25) is 5.02 Å². The number of amides is 1. The molecule has 1 heterocycles. The van der Waals surface area contributed by atoms with Crippen molar-refractivity contribution >= 4 is 35.8 Å². The molecule has 0 unspecified atom stereocenters. The van der Waals surface area contributed by atoms with E-state index in [1.54, 1.807) is 0 Å². The average Bonchev–Trinajstić information content (AvgIpc) is 3.08. The molecule has 1 amide bonds. The minimum Gasteiger partial charge on any atom is -0.423 e. The summed E-state index contributed by atoms with van der Waals surface area (Å²) in [7, 11) is -0.899. The summed E-state index contributed by atoms with van der Waals surface area (Å²) in [5, 5.41) is 13.6. The number of benzene rings is 3. The monoisotopic (exact) mass is 391 g/mol. The Morgan fingerprint density at radius 3 is 2.64 bits per heavy atom. The van der Waals surface area contributed by atoms with Crippen LogP contribution in [0.15, 0.2) is 66.7 Å². The summed E-state index contributed by atoms with van der Waals surface area (Å²) < 4.78 is 5.28. The van der Waals surface area contributed by atoms with Crippen LogP contribution in [-0.4, -0.2) is 18.0 Å². The molecule has 28 heavy (non-hydrogen) atoms. The van der Waals surface area contributed by atoms with Crippen LogP contribution in [0.4, 0.5) is 5.69 Å². The highest BCUT2D eigenvalue weighted by Crippen LogP contribution is 2.25. The molecule has 0 radical (unpaired) electrons. The zero-order valence-electron chi connectivity index (χ0n) is 15.2. The average molecular weight is 392 g/mol. The molecule has 4 rings (SSSR count). The second kappa shape index (κ2) is 8.19. The third-order valence-electron chi connectivity index (χ3n) is 4.86. The lowest BCUT2D eigenvalue weighted by Gasteiger charge is -2.10. The Balaban J connectivity index is 1.43. The summed E-state index contributed by atoms with van der Waals surface area (Å²) in [6, 6.07) is 21.1. The molecule has 1 aliphatic heterocycles. The van der Waals surface area contributed by atoms with Crippen LogP contribution in [0.3, 0.4) is 0 Å². The fourth-order valence-corrected chi connectivity index (χ4v) is 3.69. The van der Waals surface area contributed by atoms with Crippen molar-refractivity contribution in [2.75, 3.05) is 5.32 Å². The number of fused-ring (bicyclic) bond motifs is 1. The summed E-state index contributed by atoms with van der Waals surface area (Å²) in [4.78, 5) is 12.4. The summed E-state index contributed by atoms with van der Waals surface area (Å²) in [6.07, 6.45) is 0.869. The van der Waals surface area contributed by atoms with Gasteiger partial charge in [0.05, 0.1) is 6.61 Å². The summed E-state index contributed by atoms with van der Waals surface area (Å²) in [5.41, 5.74) is 5.46. The first kappa shape index (κ1) is 18.8. The number of aryl methyl sites for hydroxylation is 1.